The summed E-state index contributed by atoms with van der Waals surface area (Å²) in [6.07, 6.45) is -87.9. The van der Waals surface area contributed by atoms with Gasteiger partial charge in [0.15, 0.2) is 50.3 Å². The molecule has 52 heteroatoms. The quantitative estimate of drug-likeness (QED) is 0.0306. The molecule has 0 spiro atoms. The van der Waals surface area contributed by atoms with Crippen LogP contribution in [0, 0.1) is 0 Å². The fourth-order valence-electron chi connectivity index (χ4n) is 15.0. The molecule has 46 atom stereocenters. The molecular formula is C65H108N4O48. The highest BCUT2D eigenvalue weighted by Gasteiger charge is 2.63. The number of aliphatic carboxylic acids is 1. The zero-order chi connectivity index (χ0) is 86.6. The zero-order valence-electron chi connectivity index (χ0n) is 63.0. The van der Waals surface area contributed by atoms with Crippen LogP contribution in [0.25, 0.3) is 0 Å². The predicted molar refractivity (Wildman–Crippen MR) is 359 cm³/mol. The fourth-order valence-corrected chi connectivity index (χ4v) is 15.0. The van der Waals surface area contributed by atoms with Crippen molar-refractivity contribution in [1.82, 2.24) is 21.3 Å². The summed E-state index contributed by atoms with van der Waals surface area (Å²) in [5.74, 6) is -9.18. The summed E-state index contributed by atoms with van der Waals surface area (Å²) in [4.78, 5) is 64.2. The molecule has 9 rings (SSSR count). The number of hydrogen-bond acceptors (Lipinski definition) is 47. The van der Waals surface area contributed by atoms with Crippen LogP contribution in [0.3, 0.4) is 0 Å². The Kier molecular flexibility index (Phi) is 34.2. The molecule has 0 radical (unpaired) electrons. The van der Waals surface area contributed by atoms with Crippen molar-refractivity contribution in [3.05, 3.63) is 0 Å². The third kappa shape index (κ3) is 21.4. The molecule has 0 saturated carbocycles. The number of hydrogen-bond donors (Lipinski definition) is 30. The predicted octanol–water partition coefficient (Wildman–Crippen LogP) is -19.8. The molecule has 9 heterocycles. The summed E-state index contributed by atoms with van der Waals surface area (Å²) >= 11 is 0. The Morgan fingerprint density at radius 1 is 0.368 bits per heavy atom. The van der Waals surface area contributed by atoms with E-state index in [0.29, 0.717) is 0 Å². The SMILES string of the molecule is CC(=O)N[C@@H]1[C@@H](O)[C@H](O[C@@H]2O[C@H](CO)[C@@H](O[C@@H]3O[C@H](CO[C@H]4O[C@H](CO)[C@@H](O)[C@H](O)[C@@H]4O[C@@H]4O[C@H](CO)[C@@H](O)[C@H](O[C@@H]5O[C@H](CO)[C@H](O)[C@H](O[C@]6(C(=O)O)C[C@H](O)[C@@H](NC(C)=O)[C@H]([C@H](O)[C@H](O)CO)O6)[C@H]5O)[C@H]4NC(C)=O)[C@@H](O)[C@H](O[C@H]4O[C@H](CO)[C@@H](O)[C@H](O)[C@@H]4O)[C@@H]3O)[C@H](O)[C@H]2NC(C)=O)[C@@H](CO[C@@H]2O[C@@H](C)[C@@H](O)[C@@H](O)[C@@H]2O)O[C@H]1O. The molecule has 0 aliphatic carbocycles. The Labute approximate surface area is 662 Å². The van der Waals surface area contributed by atoms with Gasteiger partial charge in [-0.25, -0.2) is 4.79 Å². The van der Waals surface area contributed by atoms with Gasteiger partial charge in [-0.2, -0.15) is 0 Å². The van der Waals surface area contributed by atoms with Crippen LogP contribution in [-0.2, 0) is 104 Å². The van der Waals surface area contributed by atoms with Crippen LogP contribution in [0.5, 0.6) is 0 Å². The van der Waals surface area contributed by atoms with Crippen molar-refractivity contribution < 1.29 is 237 Å². The van der Waals surface area contributed by atoms with Crippen LogP contribution in [0.4, 0.5) is 0 Å². The normalized spacial score (nSPS) is 47.9. The van der Waals surface area contributed by atoms with Crippen LogP contribution in [0.2, 0.25) is 0 Å². The maximum Gasteiger partial charge on any atom is 0.364 e. The van der Waals surface area contributed by atoms with E-state index in [2.05, 4.69) is 21.3 Å². The number of nitrogens with one attached hydrogen (secondary N) is 4. The van der Waals surface area contributed by atoms with Gasteiger partial charge in [0.05, 0.1) is 71.1 Å². The summed E-state index contributed by atoms with van der Waals surface area (Å²) in [7, 11) is 0. The number of ether oxygens (including phenoxy) is 17. The van der Waals surface area contributed by atoms with E-state index in [4.69, 9.17) is 80.5 Å². The largest absolute Gasteiger partial charge is 0.477 e. The third-order valence-electron chi connectivity index (χ3n) is 21.3. The van der Waals surface area contributed by atoms with Gasteiger partial charge in [0.25, 0.3) is 5.79 Å². The van der Waals surface area contributed by atoms with E-state index in [9.17, 15) is 157 Å². The molecule has 0 aromatic rings. The number of carboxylic acids is 1. The van der Waals surface area contributed by atoms with Crippen LogP contribution < -0.4 is 21.3 Å². The average molecular weight is 1710 g/mol. The fraction of sp³-hybridized carbons (Fsp3) is 0.923. The summed E-state index contributed by atoms with van der Waals surface area (Å²) < 4.78 is 100. The molecule has 0 unspecified atom stereocenters. The number of rotatable bonds is 31. The number of aliphatic hydroxyl groups is 25. The Morgan fingerprint density at radius 2 is 0.761 bits per heavy atom. The first-order valence-corrected chi connectivity index (χ1v) is 37.1. The number of amides is 4. The lowest BCUT2D eigenvalue weighted by Crippen LogP contribution is -2.71. The number of aliphatic hydroxyl groups excluding tert-OH is 25. The molecule has 30 N–H and O–H groups in total. The van der Waals surface area contributed by atoms with E-state index in [0.717, 1.165) is 27.7 Å². The average Bonchev–Trinajstić information content (AvgIpc) is 0.759. The summed E-state index contributed by atoms with van der Waals surface area (Å²) in [6.45, 7) is -4.02. The maximum absolute atomic E-state index is 13.3. The minimum Gasteiger partial charge on any atom is -0.477 e. The molecular weight excluding hydrogens is 1600 g/mol. The molecule has 0 aromatic heterocycles. The van der Waals surface area contributed by atoms with Crippen molar-refractivity contribution in [3.63, 3.8) is 0 Å². The van der Waals surface area contributed by atoms with E-state index >= 15 is 0 Å². The molecule has 9 saturated heterocycles. The van der Waals surface area contributed by atoms with Gasteiger partial charge in [-0.15, -0.1) is 0 Å². The van der Waals surface area contributed by atoms with E-state index in [-0.39, 0.29) is 0 Å². The van der Waals surface area contributed by atoms with Crippen molar-refractivity contribution in [2.45, 2.75) is 323 Å². The van der Waals surface area contributed by atoms with Gasteiger partial charge in [-0.05, 0) is 6.92 Å². The molecule has 0 bridgehead atoms. The second-order valence-corrected chi connectivity index (χ2v) is 29.6. The van der Waals surface area contributed by atoms with Gasteiger partial charge in [0.2, 0.25) is 23.6 Å². The Hall–Kier alpha value is -4.33. The van der Waals surface area contributed by atoms with Gasteiger partial charge in [-0.3, -0.25) is 19.2 Å². The van der Waals surface area contributed by atoms with Crippen LogP contribution in [0.15, 0.2) is 0 Å². The molecule has 117 heavy (non-hydrogen) atoms. The van der Waals surface area contributed by atoms with Crippen molar-refractivity contribution in [1.29, 1.82) is 0 Å². The molecule has 9 fully saturated rings. The van der Waals surface area contributed by atoms with Crippen LogP contribution >= 0.6 is 0 Å². The maximum atomic E-state index is 13.3. The molecule has 52 nitrogen and oxygen atoms in total. The van der Waals surface area contributed by atoms with Crippen molar-refractivity contribution >= 4 is 29.6 Å². The van der Waals surface area contributed by atoms with E-state index in [1.54, 1.807) is 0 Å². The first-order chi connectivity index (χ1) is 55.1. The topological polar surface area (TPSA) is 816 Å². The Bertz CT molecular complexity index is 3190. The first kappa shape index (κ1) is 96.5. The highest BCUT2D eigenvalue weighted by atomic mass is 16.8. The second-order valence-electron chi connectivity index (χ2n) is 29.6. The lowest BCUT2D eigenvalue weighted by atomic mass is 9.88. The van der Waals surface area contributed by atoms with Gasteiger partial charge in [0.1, 0.15) is 207 Å². The molecule has 676 valence electrons. The summed E-state index contributed by atoms with van der Waals surface area (Å²) in [5, 5.41) is 298. The monoisotopic (exact) mass is 1710 g/mol. The minimum atomic E-state index is -3.32. The number of carboxylic acid groups (broad SMARTS) is 1. The van der Waals surface area contributed by atoms with Gasteiger partial charge in [-0.1, -0.05) is 0 Å². The Morgan fingerprint density at radius 3 is 1.32 bits per heavy atom. The molecule has 9 aliphatic rings. The number of carbonyl (C=O) groups is 5. The summed E-state index contributed by atoms with van der Waals surface area (Å²) in [6, 6.07) is -7.51. The first-order valence-electron chi connectivity index (χ1n) is 37.1. The molecule has 4 amide bonds. The van der Waals surface area contributed by atoms with Gasteiger partial charge in [0, 0.05) is 34.1 Å². The van der Waals surface area contributed by atoms with E-state index < -0.39 is 371 Å². The highest BCUT2D eigenvalue weighted by Crippen LogP contribution is 2.42. The lowest BCUT2D eigenvalue weighted by Gasteiger charge is -2.51. The standard InChI is InChI=1S/C65H108N4O48/c1-15-33(82)42(91)45(94)59(103-15)101-14-28-50(40(89)30(56(98)104-28)67-17(3)77)111-57-31(68-18(4)78)41(90)49(26(12-75)109-57)112-61-47(96)53(114-60-46(95)43(92)35(84)22(8-71)106-60)39(88)27(110-61)13-102-63-55(44(93)36(85)23(9-72)108-63)115-58-32(69-19(5)79)51(37(86)24(10-73)105-58)113-62-48(97)54(38(87)25(11-74)107-62)117-65(64(99)100)6-20(80)29(66-16(2)76)52(116-65)34(83)21(81)7-70/h15,20-63,70-75,80-98H,6-14H2,1-5H3,(H,66,76)(H,67,77)(H,68,78)(H,69,79)(H,99,100)/t15-,20-,21+,22+,23+,24+,25+,26+,27+,28+,29+,30+,31+,32+,33+,34+,35+,36+,37+,38-,39+,40+,41+,42+,43-,44-,45-,46-,47-,48+,49+,50+,51+,52+,53-,54-,55-,56+,57-,58-,59+,60+,61-,62-,63-,65-/m0/s1. The van der Waals surface area contributed by atoms with Crippen molar-refractivity contribution in [2.75, 3.05) is 52.9 Å². The lowest BCUT2D eigenvalue weighted by molar-refractivity contribution is -0.392. The van der Waals surface area contributed by atoms with Gasteiger partial charge >= 0.3 is 5.97 Å². The Balaban J connectivity index is 1.00. The summed E-state index contributed by atoms with van der Waals surface area (Å²) in [5.41, 5.74) is 0. The smallest absolute Gasteiger partial charge is 0.364 e. The highest BCUT2D eigenvalue weighted by molar-refractivity contribution is 5.77. The van der Waals surface area contributed by atoms with Crippen molar-refractivity contribution in [3.8, 4) is 0 Å². The van der Waals surface area contributed by atoms with E-state index in [1.807, 2.05) is 0 Å². The van der Waals surface area contributed by atoms with Crippen LogP contribution in [-0.4, -0.2) is 497 Å². The molecule has 9 aliphatic heterocycles. The number of carbonyl (C=O) groups excluding carboxylic acids is 4. The van der Waals surface area contributed by atoms with E-state index in [1.165, 1.54) is 6.92 Å². The van der Waals surface area contributed by atoms with Gasteiger partial charge < -0.3 is 235 Å². The zero-order valence-corrected chi connectivity index (χ0v) is 63.0. The third-order valence-corrected chi connectivity index (χ3v) is 21.3. The second kappa shape index (κ2) is 41.4. The van der Waals surface area contributed by atoms with Crippen molar-refractivity contribution in [2.24, 2.45) is 0 Å². The van der Waals surface area contributed by atoms with Crippen LogP contribution in [0.1, 0.15) is 41.0 Å². The minimum absolute atomic E-state index is 0.827. The molecule has 0 aromatic carbocycles.